The number of rotatable bonds is 7. The Morgan fingerprint density at radius 3 is 2.61 bits per heavy atom. The number of oxazole rings is 1. The van der Waals surface area contributed by atoms with Crippen molar-refractivity contribution in [2.45, 2.75) is 6.54 Å². The van der Waals surface area contributed by atoms with Crippen molar-refractivity contribution in [1.29, 1.82) is 0 Å². The second kappa shape index (κ2) is 8.66. The molecule has 4 aromatic rings. The van der Waals surface area contributed by atoms with Gasteiger partial charge in [-0.15, -0.1) is 0 Å². The van der Waals surface area contributed by atoms with E-state index in [0.29, 0.717) is 40.5 Å². The first-order valence-electron chi connectivity index (χ1n) is 9.58. The van der Waals surface area contributed by atoms with Crippen LogP contribution < -0.4 is 25.8 Å². The molecule has 0 aliphatic carbocycles. The minimum atomic E-state index is -0.464. The Morgan fingerprint density at radius 2 is 1.84 bits per heavy atom. The predicted molar refractivity (Wildman–Crippen MR) is 120 cm³/mol. The minimum absolute atomic E-state index is 0.0321. The Kier molecular flexibility index (Phi) is 5.61. The zero-order chi connectivity index (χ0) is 21.8. The van der Waals surface area contributed by atoms with Gasteiger partial charge in [0.25, 0.3) is 5.89 Å². The lowest BCUT2D eigenvalue weighted by atomic mass is 10.2. The third-order valence-corrected chi connectivity index (χ3v) is 4.74. The Bertz CT molecular complexity index is 1240. The quantitative estimate of drug-likeness (QED) is 0.384. The van der Waals surface area contributed by atoms with Crippen LogP contribution in [0, 0.1) is 0 Å². The molecular weight excluding hydrogens is 396 g/mol. The van der Waals surface area contributed by atoms with Gasteiger partial charge < -0.3 is 30.3 Å². The number of amides is 1. The van der Waals surface area contributed by atoms with Crippen LogP contribution in [0.1, 0.15) is 16.2 Å². The standard InChI is InChI=1S/C23H22N4O4/c1-29-20-9-7-14(11-21(20)30-2)13-25-15-8-10-19-18(12-15)27-23(31-19)22(28)26-17-6-4-3-5-16(17)24/h3-12,25H,13,24H2,1-2H3,(H,26,28). The van der Waals surface area contributed by atoms with Crippen LogP contribution in [0.2, 0.25) is 0 Å². The van der Waals surface area contributed by atoms with Crippen LogP contribution in [0.4, 0.5) is 17.1 Å². The number of ether oxygens (including phenoxy) is 2. The number of para-hydroxylation sites is 2. The fraction of sp³-hybridized carbons (Fsp3) is 0.130. The molecule has 31 heavy (non-hydrogen) atoms. The normalized spacial score (nSPS) is 10.6. The second-order valence-electron chi connectivity index (χ2n) is 6.79. The van der Waals surface area contributed by atoms with E-state index in [0.717, 1.165) is 11.3 Å². The maximum Gasteiger partial charge on any atom is 0.311 e. The summed E-state index contributed by atoms with van der Waals surface area (Å²) in [5, 5.41) is 6.04. The van der Waals surface area contributed by atoms with Gasteiger partial charge in [0.2, 0.25) is 0 Å². The van der Waals surface area contributed by atoms with E-state index in [-0.39, 0.29) is 5.89 Å². The first kappa shape index (κ1) is 20.1. The SMILES string of the molecule is COc1ccc(CNc2ccc3oc(C(=O)Nc4ccccc4N)nc3c2)cc1OC. The molecule has 1 amide bonds. The van der Waals surface area contributed by atoms with Gasteiger partial charge in [0.15, 0.2) is 17.1 Å². The van der Waals surface area contributed by atoms with E-state index in [2.05, 4.69) is 15.6 Å². The number of hydrogen-bond donors (Lipinski definition) is 3. The lowest BCUT2D eigenvalue weighted by Gasteiger charge is -2.11. The average Bonchev–Trinajstić information content (AvgIpc) is 3.22. The summed E-state index contributed by atoms with van der Waals surface area (Å²) in [6.07, 6.45) is 0. The molecule has 0 saturated carbocycles. The molecule has 0 unspecified atom stereocenters. The fourth-order valence-electron chi connectivity index (χ4n) is 3.12. The Hall–Kier alpha value is -4.20. The number of fused-ring (bicyclic) bond motifs is 1. The van der Waals surface area contributed by atoms with Gasteiger partial charge in [-0.05, 0) is 48.0 Å². The van der Waals surface area contributed by atoms with Crippen LogP contribution in [0.3, 0.4) is 0 Å². The van der Waals surface area contributed by atoms with Gasteiger partial charge in [-0.3, -0.25) is 4.79 Å². The summed E-state index contributed by atoms with van der Waals surface area (Å²) in [4.78, 5) is 16.8. The van der Waals surface area contributed by atoms with Gasteiger partial charge in [-0.1, -0.05) is 18.2 Å². The predicted octanol–water partition coefficient (Wildman–Crippen LogP) is 4.29. The fourth-order valence-corrected chi connectivity index (χ4v) is 3.12. The third-order valence-electron chi connectivity index (χ3n) is 4.74. The number of nitrogens with zero attached hydrogens (tertiary/aromatic N) is 1. The summed E-state index contributed by atoms with van der Waals surface area (Å²) in [6, 6.07) is 18.2. The highest BCUT2D eigenvalue weighted by Gasteiger charge is 2.16. The molecule has 0 radical (unpaired) electrons. The maximum absolute atomic E-state index is 12.5. The van der Waals surface area contributed by atoms with Crippen LogP contribution in [-0.2, 0) is 6.54 Å². The zero-order valence-electron chi connectivity index (χ0n) is 17.1. The van der Waals surface area contributed by atoms with Crippen molar-refractivity contribution < 1.29 is 18.7 Å². The van der Waals surface area contributed by atoms with E-state index >= 15 is 0 Å². The average molecular weight is 418 g/mol. The van der Waals surface area contributed by atoms with Crippen molar-refractivity contribution in [2.75, 3.05) is 30.6 Å². The van der Waals surface area contributed by atoms with E-state index in [9.17, 15) is 4.79 Å². The molecule has 3 aromatic carbocycles. The van der Waals surface area contributed by atoms with Crippen LogP contribution >= 0.6 is 0 Å². The number of nitrogen functional groups attached to an aromatic ring is 1. The maximum atomic E-state index is 12.5. The molecule has 4 N–H and O–H groups in total. The summed E-state index contributed by atoms with van der Waals surface area (Å²) in [5.41, 5.74) is 9.80. The molecule has 4 rings (SSSR count). The highest BCUT2D eigenvalue weighted by molar-refractivity contribution is 6.04. The second-order valence-corrected chi connectivity index (χ2v) is 6.79. The van der Waals surface area contributed by atoms with E-state index in [4.69, 9.17) is 19.6 Å². The Morgan fingerprint density at radius 1 is 1.03 bits per heavy atom. The molecule has 0 fully saturated rings. The largest absolute Gasteiger partial charge is 0.493 e. The Balaban J connectivity index is 1.47. The summed E-state index contributed by atoms with van der Waals surface area (Å²) in [7, 11) is 3.21. The van der Waals surface area contributed by atoms with E-state index in [1.165, 1.54) is 0 Å². The summed E-state index contributed by atoms with van der Waals surface area (Å²) in [5.74, 6) is 0.853. The summed E-state index contributed by atoms with van der Waals surface area (Å²) >= 11 is 0. The monoisotopic (exact) mass is 418 g/mol. The number of aromatic nitrogens is 1. The number of carbonyl (C=O) groups excluding carboxylic acids is 1. The molecule has 0 saturated heterocycles. The van der Waals surface area contributed by atoms with Crippen molar-refractivity contribution in [3.63, 3.8) is 0 Å². The van der Waals surface area contributed by atoms with Gasteiger partial charge in [0.05, 0.1) is 25.6 Å². The molecule has 0 atom stereocenters. The van der Waals surface area contributed by atoms with Crippen molar-refractivity contribution in [2.24, 2.45) is 0 Å². The molecule has 0 bridgehead atoms. The van der Waals surface area contributed by atoms with Gasteiger partial charge in [0.1, 0.15) is 5.52 Å². The van der Waals surface area contributed by atoms with E-state index in [1.807, 2.05) is 30.3 Å². The molecule has 0 spiro atoms. The van der Waals surface area contributed by atoms with Crippen LogP contribution in [-0.4, -0.2) is 25.1 Å². The minimum Gasteiger partial charge on any atom is -0.493 e. The highest BCUT2D eigenvalue weighted by atomic mass is 16.5. The number of nitrogens with one attached hydrogen (secondary N) is 2. The third kappa shape index (κ3) is 4.37. The van der Waals surface area contributed by atoms with Gasteiger partial charge >= 0.3 is 5.91 Å². The molecule has 0 aliphatic rings. The molecule has 158 valence electrons. The zero-order valence-corrected chi connectivity index (χ0v) is 17.1. The first-order chi connectivity index (χ1) is 15.1. The number of benzene rings is 3. The summed E-state index contributed by atoms with van der Waals surface area (Å²) in [6.45, 7) is 0.574. The number of methoxy groups -OCH3 is 2. The van der Waals surface area contributed by atoms with Crippen molar-refractivity contribution in [1.82, 2.24) is 4.98 Å². The number of hydrogen-bond acceptors (Lipinski definition) is 7. The first-order valence-corrected chi connectivity index (χ1v) is 9.58. The van der Waals surface area contributed by atoms with Crippen LogP contribution in [0.15, 0.2) is 65.1 Å². The topological polar surface area (TPSA) is 112 Å². The lowest BCUT2D eigenvalue weighted by molar-refractivity contribution is 0.0992. The summed E-state index contributed by atoms with van der Waals surface area (Å²) < 4.78 is 16.2. The number of anilines is 3. The van der Waals surface area contributed by atoms with Gasteiger partial charge in [0, 0.05) is 12.2 Å². The van der Waals surface area contributed by atoms with Crippen molar-refractivity contribution in [3.8, 4) is 11.5 Å². The number of nitrogens with two attached hydrogens (primary N) is 1. The lowest BCUT2D eigenvalue weighted by Crippen LogP contribution is -2.13. The number of carbonyl (C=O) groups is 1. The van der Waals surface area contributed by atoms with Crippen molar-refractivity contribution >= 4 is 34.1 Å². The van der Waals surface area contributed by atoms with E-state index < -0.39 is 5.91 Å². The molecule has 0 aliphatic heterocycles. The van der Waals surface area contributed by atoms with Crippen LogP contribution in [0.5, 0.6) is 11.5 Å². The smallest absolute Gasteiger partial charge is 0.311 e. The molecule has 1 heterocycles. The molecule has 1 aromatic heterocycles. The molecular formula is C23H22N4O4. The van der Waals surface area contributed by atoms with Crippen LogP contribution in [0.25, 0.3) is 11.1 Å². The molecule has 8 heteroatoms. The van der Waals surface area contributed by atoms with Crippen molar-refractivity contribution in [3.05, 3.63) is 72.1 Å². The van der Waals surface area contributed by atoms with Gasteiger partial charge in [-0.2, -0.15) is 0 Å². The Labute approximate surface area is 179 Å². The molecule has 8 nitrogen and oxygen atoms in total. The van der Waals surface area contributed by atoms with E-state index in [1.54, 1.807) is 44.6 Å². The highest BCUT2D eigenvalue weighted by Crippen LogP contribution is 2.28. The van der Waals surface area contributed by atoms with Gasteiger partial charge in [-0.25, -0.2) is 4.98 Å².